The van der Waals surface area contributed by atoms with E-state index in [0.29, 0.717) is 5.92 Å². The molecule has 1 saturated heterocycles. The summed E-state index contributed by atoms with van der Waals surface area (Å²) in [7, 11) is 0. The van der Waals surface area contributed by atoms with Gasteiger partial charge in [-0.1, -0.05) is 0 Å². The van der Waals surface area contributed by atoms with Gasteiger partial charge in [0.25, 0.3) is 0 Å². The van der Waals surface area contributed by atoms with Crippen LogP contribution in [0.3, 0.4) is 0 Å². The molecular weight excluding hydrogens is 144 g/mol. The van der Waals surface area contributed by atoms with Crippen molar-refractivity contribution in [1.29, 1.82) is 0 Å². The molecule has 3 atom stereocenters. The van der Waals surface area contributed by atoms with E-state index in [1.165, 1.54) is 18.6 Å². The molecule has 10 heavy (non-hydrogen) atoms. The molecule has 2 heteroatoms. The monoisotopic (exact) mass is 158 g/mol. The molecule has 2 fully saturated rings. The van der Waals surface area contributed by atoms with Gasteiger partial charge in [-0.15, -0.1) is 0 Å². The molecule has 58 valence electrons. The summed E-state index contributed by atoms with van der Waals surface area (Å²) in [6, 6.07) is 0. The van der Waals surface area contributed by atoms with Gasteiger partial charge in [0, 0.05) is 11.2 Å². The summed E-state index contributed by atoms with van der Waals surface area (Å²) in [5, 5.41) is 10.6. The summed E-state index contributed by atoms with van der Waals surface area (Å²) in [5.41, 5.74) is -0.325. The Morgan fingerprint density at radius 2 is 2.30 bits per heavy atom. The minimum absolute atomic E-state index is 0.325. The average molecular weight is 158 g/mol. The minimum atomic E-state index is -0.325. The largest absolute Gasteiger partial charge is 0.390 e. The highest BCUT2D eigenvalue weighted by Crippen LogP contribution is 2.48. The molecule has 0 bridgehead atoms. The quantitative estimate of drug-likeness (QED) is 0.578. The van der Waals surface area contributed by atoms with E-state index in [-0.39, 0.29) is 5.60 Å². The maximum absolute atomic E-state index is 9.85. The molecule has 3 unspecified atom stereocenters. The zero-order valence-electron chi connectivity index (χ0n) is 6.34. The Hall–Kier alpha value is 0.310. The maximum Gasteiger partial charge on any atom is 0.0659 e. The Kier molecular flexibility index (Phi) is 1.50. The predicted octanol–water partition coefficient (Wildman–Crippen LogP) is 1.65. The Morgan fingerprint density at radius 1 is 1.50 bits per heavy atom. The predicted molar refractivity (Wildman–Crippen MR) is 44.2 cm³/mol. The van der Waals surface area contributed by atoms with Crippen molar-refractivity contribution >= 4 is 11.8 Å². The van der Waals surface area contributed by atoms with Crippen LogP contribution < -0.4 is 0 Å². The van der Waals surface area contributed by atoms with Gasteiger partial charge in [-0.25, -0.2) is 0 Å². The molecule has 2 rings (SSSR count). The Labute approximate surface area is 66.2 Å². The summed E-state index contributed by atoms with van der Waals surface area (Å²) >= 11 is 2.06. The van der Waals surface area contributed by atoms with Crippen molar-refractivity contribution in [1.82, 2.24) is 0 Å². The maximum atomic E-state index is 9.85. The number of fused-ring (bicyclic) bond motifs is 1. The van der Waals surface area contributed by atoms with E-state index in [1.54, 1.807) is 0 Å². The standard InChI is InChI=1S/C8H14OS/c1-8(9)4-2-7-6(8)3-5-10-7/h6-7,9H,2-5H2,1H3. The molecule has 1 N–H and O–H groups in total. The first kappa shape index (κ1) is 6.99. The van der Waals surface area contributed by atoms with Crippen molar-refractivity contribution in [2.45, 2.75) is 37.0 Å². The van der Waals surface area contributed by atoms with Crippen LogP contribution in [0.4, 0.5) is 0 Å². The Bertz CT molecular complexity index is 144. The smallest absolute Gasteiger partial charge is 0.0659 e. The molecule has 1 nitrogen and oxygen atoms in total. The molecule has 0 aromatic rings. The van der Waals surface area contributed by atoms with Gasteiger partial charge in [0.1, 0.15) is 0 Å². The van der Waals surface area contributed by atoms with Crippen LogP contribution in [0.25, 0.3) is 0 Å². The van der Waals surface area contributed by atoms with Crippen LogP contribution in [0, 0.1) is 5.92 Å². The molecule has 2 aliphatic rings. The van der Waals surface area contributed by atoms with E-state index in [9.17, 15) is 5.11 Å². The van der Waals surface area contributed by atoms with Gasteiger partial charge in [0.2, 0.25) is 0 Å². The Balaban J connectivity index is 2.16. The summed E-state index contributed by atoms with van der Waals surface area (Å²) < 4.78 is 0. The number of rotatable bonds is 0. The van der Waals surface area contributed by atoms with Gasteiger partial charge in [0.15, 0.2) is 0 Å². The highest BCUT2D eigenvalue weighted by molar-refractivity contribution is 8.00. The third-order valence-electron chi connectivity index (χ3n) is 2.94. The van der Waals surface area contributed by atoms with Gasteiger partial charge < -0.3 is 5.11 Å². The van der Waals surface area contributed by atoms with E-state index in [0.717, 1.165) is 11.7 Å². The first-order valence-corrected chi connectivity index (χ1v) is 5.09. The molecule has 0 amide bonds. The zero-order valence-corrected chi connectivity index (χ0v) is 7.16. The SMILES string of the molecule is CC1(O)CCC2SCCC21. The van der Waals surface area contributed by atoms with Crippen molar-refractivity contribution in [3.63, 3.8) is 0 Å². The fourth-order valence-corrected chi connectivity index (χ4v) is 3.90. The first-order chi connectivity index (χ1) is 4.70. The average Bonchev–Trinajstić information content (AvgIpc) is 2.36. The lowest BCUT2D eigenvalue weighted by molar-refractivity contribution is 0.0232. The van der Waals surface area contributed by atoms with Crippen LogP contribution >= 0.6 is 11.8 Å². The van der Waals surface area contributed by atoms with Crippen LogP contribution in [-0.4, -0.2) is 21.7 Å². The second-order valence-electron chi connectivity index (χ2n) is 3.70. The molecule has 1 saturated carbocycles. The second kappa shape index (κ2) is 2.15. The van der Waals surface area contributed by atoms with Gasteiger partial charge in [-0.2, -0.15) is 11.8 Å². The third kappa shape index (κ3) is 0.892. The van der Waals surface area contributed by atoms with Gasteiger partial charge in [-0.05, 0) is 31.9 Å². The fraction of sp³-hybridized carbons (Fsp3) is 1.00. The fourth-order valence-electron chi connectivity index (χ4n) is 2.26. The Morgan fingerprint density at radius 3 is 3.00 bits per heavy atom. The molecular formula is C8H14OS. The van der Waals surface area contributed by atoms with Crippen molar-refractivity contribution in [3.05, 3.63) is 0 Å². The molecule has 0 aromatic heterocycles. The summed E-state index contributed by atoms with van der Waals surface area (Å²) in [6.07, 6.45) is 3.50. The van der Waals surface area contributed by atoms with E-state index < -0.39 is 0 Å². The normalized spacial score (nSPS) is 53.4. The van der Waals surface area contributed by atoms with Crippen LogP contribution in [0.1, 0.15) is 26.2 Å². The van der Waals surface area contributed by atoms with Crippen molar-refractivity contribution in [2.24, 2.45) is 5.92 Å². The zero-order chi connectivity index (χ0) is 7.19. The van der Waals surface area contributed by atoms with E-state index in [4.69, 9.17) is 0 Å². The van der Waals surface area contributed by atoms with Crippen molar-refractivity contribution in [2.75, 3.05) is 5.75 Å². The third-order valence-corrected chi connectivity index (χ3v) is 4.41. The lowest BCUT2D eigenvalue weighted by Gasteiger charge is -2.23. The van der Waals surface area contributed by atoms with Crippen LogP contribution in [0.5, 0.6) is 0 Å². The van der Waals surface area contributed by atoms with Crippen LogP contribution in [-0.2, 0) is 0 Å². The molecule has 0 aromatic carbocycles. The first-order valence-electron chi connectivity index (χ1n) is 4.04. The molecule has 1 heterocycles. The summed E-state index contributed by atoms with van der Waals surface area (Å²) in [5.74, 6) is 1.88. The van der Waals surface area contributed by atoms with Crippen molar-refractivity contribution < 1.29 is 5.11 Å². The molecule has 1 aliphatic heterocycles. The van der Waals surface area contributed by atoms with E-state index in [2.05, 4.69) is 11.8 Å². The highest BCUT2D eigenvalue weighted by Gasteiger charge is 2.46. The van der Waals surface area contributed by atoms with Crippen molar-refractivity contribution in [3.8, 4) is 0 Å². The second-order valence-corrected chi connectivity index (χ2v) is 5.05. The summed E-state index contributed by atoms with van der Waals surface area (Å²) in [6.45, 7) is 2.00. The van der Waals surface area contributed by atoms with E-state index >= 15 is 0 Å². The number of aliphatic hydroxyl groups is 1. The minimum Gasteiger partial charge on any atom is -0.390 e. The van der Waals surface area contributed by atoms with E-state index in [1.807, 2.05) is 6.92 Å². The van der Waals surface area contributed by atoms with Crippen LogP contribution in [0.15, 0.2) is 0 Å². The lowest BCUT2D eigenvalue weighted by atomic mass is 9.91. The molecule has 1 aliphatic carbocycles. The van der Waals surface area contributed by atoms with Gasteiger partial charge in [-0.3, -0.25) is 0 Å². The number of hydrogen-bond acceptors (Lipinski definition) is 2. The topological polar surface area (TPSA) is 20.2 Å². The number of hydrogen-bond donors (Lipinski definition) is 1. The highest BCUT2D eigenvalue weighted by atomic mass is 32.2. The summed E-state index contributed by atoms with van der Waals surface area (Å²) in [4.78, 5) is 0. The van der Waals surface area contributed by atoms with Gasteiger partial charge >= 0.3 is 0 Å². The molecule has 0 radical (unpaired) electrons. The molecule has 0 spiro atoms. The number of thioether (sulfide) groups is 1. The lowest BCUT2D eigenvalue weighted by Crippen LogP contribution is -2.30. The van der Waals surface area contributed by atoms with Gasteiger partial charge in [0.05, 0.1) is 5.60 Å². The van der Waals surface area contributed by atoms with Crippen LogP contribution in [0.2, 0.25) is 0 Å².